The van der Waals surface area contributed by atoms with Crippen molar-refractivity contribution in [2.75, 3.05) is 6.61 Å². The van der Waals surface area contributed by atoms with Crippen LogP contribution >= 0.6 is 11.6 Å². The van der Waals surface area contributed by atoms with Crippen molar-refractivity contribution < 1.29 is 9.94 Å². The van der Waals surface area contributed by atoms with E-state index in [0.717, 1.165) is 27.6 Å². The Balaban J connectivity index is 1.76. The molecule has 0 aliphatic carbocycles. The minimum Gasteiger partial charge on any atom is -0.396 e. The number of halogens is 1. The third kappa shape index (κ3) is 4.51. The Morgan fingerprint density at radius 2 is 1.82 bits per heavy atom. The van der Waals surface area contributed by atoms with Gasteiger partial charge < -0.3 is 19.1 Å². The molecule has 0 aliphatic rings. The molecular formula is C30H27ClN4O3. The molecule has 38 heavy (non-hydrogen) atoms. The van der Waals surface area contributed by atoms with E-state index in [9.17, 15) is 9.90 Å². The van der Waals surface area contributed by atoms with E-state index in [1.165, 1.54) is 0 Å². The van der Waals surface area contributed by atoms with Crippen LogP contribution in [0.2, 0.25) is 5.02 Å². The predicted molar refractivity (Wildman–Crippen MR) is 151 cm³/mol. The van der Waals surface area contributed by atoms with Crippen molar-refractivity contribution in [1.29, 1.82) is 0 Å². The first-order chi connectivity index (χ1) is 18.3. The van der Waals surface area contributed by atoms with Gasteiger partial charge in [0.05, 0.1) is 29.9 Å². The molecule has 7 nitrogen and oxygen atoms in total. The van der Waals surface area contributed by atoms with Crippen LogP contribution in [0.1, 0.15) is 29.3 Å². The Bertz CT molecular complexity index is 1710. The molecule has 1 atom stereocenters. The van der Waals surface area contributed by atoms with E-state index in [1.807, 2.05) is 68.6 Å². The summed E-state index contributed by atoms with van der Waals surface area (Å²) in [6, 6.07) is 22.1. The fourth-order valence-electron chi connectivity index (χ4n) is 4.74. The first-order valence-electron chi connectivity index (χ1n) is 12.2. The minimum absolute atomic E-state index is 0.131. The third-order valence-electron chi connectivity index (χ3n) is 6.72. The molecule has 0 amide bonds. The molecule has 5 rings (SSSR count). The van der Waals surface area contributed by atoms with Crippen molar-refractivity contribution in [1.82, 2.24) is 14.1 Å². The van der Waals surface area contributed by atoms with Gasteiger partial charge in [0.1, 0.15) is 6.61 Å². The van der Waals surface area contributed by atoms with E-state index in [4.69, 9.17) is 16.4 Å². The van der Waals surface area contributed by atoms with Crippen LogP contribution in [0.25, 0.3) is 22.0 Å². The fraction of sp³-hybridized carbons (Fsp3) is 0.167. The molecule has 2 heterocycles. The number of hydrogen-bond donors (Lipinski definition) is 1. The Kier molecular flexibility index (Phi) is 6.89. The molecule has 192 valence electrons. The van der Waals surface area contributed by atoms with Gasteiger partial charge in [-0.2, -0.15) is 0 Å². The standard InChI is InChI=1S/C30H27ClN4O3/c1-4-38-33-17-20-6-5-7-21(14-20)25-16-29(36)35(3)27-13-10-23(15-26(25)27)30(37,28-18-32-19-34(28)2)22-8-11-24(31)12-9-22/h5-19,37H,4H2,1-3H3. The molecule has 2 aromatic heterocycles. The third-order valence-corrected chi connectivity index (χ3v) is 6.97. The second-order valence-corrected chi connectivity index (χ2v) is 9.51. The SMILES string of the molecule is CCON=Cc1cccc(-c2cc(=O)n(C)c3ccc(C(O)(c4ccc(Cl)cc4)c4cncn4C)cc23)c1. The van der Waals surface area contributed by atoms with Gasteiger partial charge in [-0.1, -0.05) is 53.2 Å². The van der Waals surface area contributed by atoms with E-state index in [-0.39, 0.29) is 5.56 Å². The number of imidazole rings is 1. The van der Waals surface area contributed by atoms with Gasteiger partial charge in [0.2, 0.25) is 0 Å². The van der Waals surface area contributed by atoms with Crippen LogP contribution in [0.15, 0.2) is 95.3 Å². The summed E-state index contributed by atoms with van der Waals surface area (Å²) in [6.45, 7) is 2.35. The molecule has 5 aromatic rings. The van der Waals surface area contributed by atoms with E-state index < -0.39 is 5.60 Å². The number of nitrogens with zero attached hydrogens (tertiary/aromatic N) is 4. The number of aryl methyl sites for hydroxylation is 2. The normalized spacial score (nSPS) is 13.2. The molecule has 0 saturated heterocycles. The number of pyridine rings is 1. The quantitative estimate of drug-likeness (QED) is 0.232. The number of rotatable bonds is 7. The van der Waals surface area contributed by atoms with Crippen molar-refractivity contribution in [2.24, 2.45) is 19.3 Å². The van der Waals surface area contributed by atoms with Crippen LogP contribution in [0, 0.1) is 0 Å². The maximum absolute atomic E-state index is 12.9. The van der Waals surface area contributed by atoms with Crippen LogP contribution in [0.3, 0.4) is 0 Å². The molecule has 0 aliphatic heterocycles. The summed E-state index contributed by atoms with van der Waals surface area (Å²) in [6.07, 6.45) is 4.95. The minimum atomic E-state index is -1.53. The lowest BCUT2D eigenvalue weighted by Gasteiger charge is -2.30. The fourth-order valence-corrected chi connectivity index (χ4v) is 4.87. The number of hydrogen-bond acceptors (Lipinski definition) is 5. The predicted octanol–water partition coefficient (Wildman–Crippen LogP) is 5.25. The molecule has 0 bridgehead atoms. The Labute approximate surface area is 225 Å². The number of aromatic nitrogens is 3. The van der Waals surface area contributed by atoms with Crippen LogP contribution in [0.4, 0.5) is 0 Å². The Hall–Kier alpha value is -4.20. The highest BCUT2D eigenvalue weighted by molar-refractivity contribution is 6.30. The second-order valence-electron chi connectivity index (χ2n) is 9.07. The highest BCUT2D eigenvalue weighted by atomic mass is 35.5. The average molecular weight is 527 g/mol. The molecule has 0 radical (unpaired) electrons. The molecule has 8 heteroatoms. The van der Waals surface area contributed by atoms with Crippen LogP contribution in [-0.2, 0) is 24.5 Å². The lowest BCUT2D eigenvalue weighted by molar-refractivity contribution is 0.117. The molecule has 1 N–H and O–H groups in total. The zero-order valence-corrected chi connectivity index (χ0v) is 22.1. The summed E-state index contributed by atoms with van der Waals surface area (Å²) >= 11 is 6.17. The summed E-state index contributed by atoms with van der Waals surface area (Å²) in [5.74, 6) is 0. The van der Waals surface area contributed by atoms with E-state index in [2.05, 4.69) is 10.1 Å². The van der Waals surface area contributed by atoms with Gasteiger partial charge in [-0.3, -0.25) is 4.79 Å². The molecular weight excluding hydrogens is 500 g/mol. The number of oxime groups is 1. The largest absolute Gasteiger partial charge is 0.396 e. The van der Waals surface area contributed by atoms with Gasteiger partial charge in [-0.05, 0) is 65.1 Å². The van der Waals surface area contributed by atoms with E-state index in [0.29, 0.717) is 28.5 Å². The molecule has 0 fully saturated rings. The zero-order chi connectivity index (χ0) is 26.9. The zero-order valence-electron chi connectivity index (χ0n) is 21.3. The second kappa shape index (κ2) is 10.3. The first-order valence-corrected chi connectivity index (χ1v) is 12.6. The average Bonchev–Trinajstić information content (AvgIpc) is 3.37. The lowest BCUT2D eigenvalue weighted by Crippen LogP contribution is -2.31. The summed E-state index contributed by atoms with van der Waals surface area (Å²) in [7, 11) is 3.58. The van der Waals surface area contributed by atoms with E-state index >= 15 is 0 Å². The van der Waals surface area contributed by atoms with Crippen molar-refractivity contribution in [3.05, 3.63) is 123 Å². The number of fused-ring (bicyclic) bond motifs is 1. The topological polar surface area (TPSA) is 81.6 Å². The maximum atomic E-state index is 12.9. The molecule has 0 saturated carbocycles. The first kappa shape index (κ1) is 25.4. The smallest absolute Gasteiger partial charge is 0.251 e. The van der Waals surface area contributed by atoms with Crippen LogP contribution in [0.5, 0.6) is 0 Å². The highest BCUT2D eigenvalue weighted by Crippen LogP contribution is 2.39. The highest BCUT2D eigenvalue weighted by Gasteiger charge is 2.37. The van der Waals surface area contributed by atoms with Crippen LogP contribution < -0.4 is 5.56 Å². The van der Waals surface area contributed by atoms with Gasteiger partial charge in [-0.15, -0.1) is 0 Å². The maximum Gasteiger partial charge on any atom is 0.251 e. The summed E-state index contributed by atoms with van der Waals surface area (Å²) in [4.78, 5) is 22.3. The number of aliphatic hydroxyl groups is 1. The molecule has 0 spiro atoms. The van der Waals surface area contributed by atoms with Crippen molar-refractivity contribution in [2.45, 2.75) is 12.5 Å². The number of benzene rings is 3. The van der Waals surface area contributed by atoms with Crippen molar-refractivity contribution in [3.8, 4) is 11.1 Å². The van der Waals surface area contributed by atoms with Gasteiger partial charge in [0, 0.05) is 30.6 Å². The van der Waals surface area contributed by atoms with Gasteiger partial charge >= 0.3 is 0 Å². The summed E-state index contributed by atoms with van der Waals surface area (Å²) in [5.41, 5.74) is 3.40. The molecule has 1 unspecified atom stereocenters. The Morgan fingerprint density at radius 3 is 2.53 bits per heavy atom. The monoisotopic (exact) mass is 526 g/mol. The van der Waals surface area contributed by atoms with Crippen LogP contribution in [-0.4, -0.2) is 32.0 Å². The Morgan fingerprint density at radius 1 is 1.05 bits per heavy atom. The van der Waals surface area contributed by atoms with Gasteiger partial charge in [-0.25, -0.2) is 4.98 Å². The van der Waals surface area contributed by atoms with Crippen molar-refractivity contribution in [3.63, 3.8) is 0 Å². The van der Waals surface area contributed by atoms with Gasteiger partial charge in [0.15, 0.2) is 5.60 Å². The van der Waals surface area contributed by atoms with E-state index in [1.54, 1.807) is 53.1 Å². The summed E-state index contributed by atoms with van der Waals surface area (Å²) < 4.78 is 3.40. The lowest BCUT2D eigenvalue weighted by atomic mass is 9.82. The summed E-state index contributed by atoms with van der Waals surface area (Å²) in [5, 5.41) is 17.8. The van der Waals surface area contributed by atoms with Gasteiger partial charge in [0.25, 0.3) is 5.56 Å². The molecule has 3 aromatic carbocycles. The van der Waals surface area contributed by atoms with Crippen molar-refractivity contribution >= 4 is 28.7 Å².